The molecular formula is C29H26ClF3N6O3S. The number of hydrogen-bond acceptors (Lipinski definition) is 8. The van der Waals surface area contributed by atoms with Gasteiger partial charge in [0.25, 0.3) is 11.8 Å². The normalized spacial score (nSPS) is 20.2. The molecule has 0 radical (unpaired) electrons. The highest BCUT2D eigenvalue weighted by Crippen LogP contribution is 2.40. The summed E-state index contributed by atoms with van der Waals surface area (Å²) in [6.45, 7) is 0. The number of benzene rings is 2. The van der Waals surface area contributed by atoms with Gasteiger partial charge in [-0.25, -0.2) is 23.1 Å². The minimum absolute atomic E-state index is 0.00696. The van der Waals surface area contributed by atoms with E-state index in [1.54, 1.807) is 18.4 Å². The second-order valence-electron chi connectivity index (χ2n) is 10.3. The molecule has 224 valence electrons. The molecule has 14 heteroatoms. The third-order valence-corrected chi connectivity index (χ3v) is 8.43. The maximum atomic E-state index is 14.9. The Morgan fingerprint density at radius 3 is 2.65 bits per heavy atom. The first-order valence-electron chi connectivity index (χ1n) is 13.3. The van der Waals surface area contributed by atoms with E-state index >= 15 is 0 Å². The second-order valence-corrected chi connectivity index (χ2v) is 11.6. The number of halogens is 4. The van der Waals surface area contributed by atoms with Crippen LogP contribution in [0.5, 0.6) is 0 Å². The van der Waals surface area contributed by atoms with Gasteiger partial charge in [0.1, 0.15) is 35.9 Å². The van der Waals surface area contributed by atoms with Gasteiger partial charge in [0.2, 0.25) is 11.9 Å². The predicted molar refractivity (Wildman–Crippen MR) is 154 cm³/mol. The Kier molecular flexibility index (Phi) is 8.82. The Morgan fingerprint density at radius 2 is 1.98 bits per heavy atom. The van der Waals surface area contributed by atoms with Gasteiger partial charge in [-0.2, -0.15) is 5.26 Å². The zero-order chi connectivity index (χ0) is 30.9. The lowest BCUT2D eigenvalue weighted by atomic mass is 9.87. The number of nitriles is 1. The van der Waals surface area contributed by atoms with Crippen molar-refractivity contribution < 1.29 is 27.9 Å². The van der Waals surface area contributed by atoms with Gasteiger partial charge in [0.05, 0.1) is 0 Å². The van der Waals surface area contributed by atoms with Crippen LogP contribution in [0.2, 0.25) is 5.02 Å². The molecule has 9 nitrogen and oxygen atoms in total. The number of aromatic nitrogens is 2. The molecule has 2 N–H and O–H groups in total. The number of aliphatic hydroxyl groups is 1. The van der Waals surface area contributed by atoms with E-state index in [-0.39, 0.29) is 40.8 Å². The van der Waals surface area contributed by atoms with Crippen LogP contribution in [-0.4, -0.2) is 57.4 Å². The van der Waals surface area contributed by atoms with Crippen LogP contribution in [0, 0.1) is 17.1 Å². The summed E-state index contributed by atoms with van der Waals surface area (Å²) in [5, 5.41) is 22.9. The van der Waals surface area contributed by atoms with Crippen LogP contribution in [0.4, 0.5) is 24.8 Å². The van der Waals surface area contributed by atoms with E-state index in [0.717, 1.165) is 11.0 Å². The van der Waals surface area contributed by atoms with E-state index in [2.05, 4.69) is 15.3 Å². The molecule has 2 aromatic carbocycles. The van der Waals surface area contributed by atoms with E-state index in [4.69, 9.17) is 11.6 Å². The zero-order valence-electron chi connectivity index (χ0n) is 22.8. The SMILES string of the molecule is CSc1cc(F)cc(N(C(=O)[C@@H]2CCC(O)N2c2nccc(C#N)n2)[C@H](C(=O)NC2CC(F)(F)C2)c2ccccc2Cl)c1. The van der Waals surface area contributed by atoms with Gasteiger partial charge in [-0.1, -0.05) is 29.8 Å². The van der Waals surface area contributed by atoms with E-state index in [1.165, 1.54) is 53.2 Å². The standard InChI is InChI=1S/C29H26ClF3N6O3S/c1-43-20-11-16(31)10-19(12-20)38(27(42)23-6-7-24(40)39(23)28-35-9-8-17(15-34)37-28)25(21-4-2-3-5-22(21)30)26(41)36-18-13-29(32,33)14-18/h2-5,8-12,18,23-25,40H,6-7,13-14H2,1H3,(H,36,41)/t23-,24?,25-/m0/s1. The molecule has 2 heterocycles. The van der Waals surface area contributed by atoms with Crippen molar-refractivity contribution in [3.05, 3.63) is 76.8 Å². The van der Waals surface area contributed by atoms with Crippen LogP contribution in [0.25, 0.3) is 0 Å². The highest BCUT2D eigenvalue weighted by atomic mass is 35.5. The van der Waals surface area contributed by atoms with Gasteiger partial charge in [-0.05, 0) is 49.4 Å². The van der Waals surface area contributed by atoms with E-state index in [0.29, 0.717) is 4.90 Å². The Balaban J connectivity index is 1.64. The lowest BCUT2D eigenvalue weighted by Crippen LogP contribution is -2.56. The monoisotopic (exact) mass is 630 g/mol. The summed E-state index contributed by atoms with van der Waals surface area (Å²) in [7, 11) is 0. The van der Waals surface area contributed by atoms with Crippen molar-refractivity contribution in [3.8, 4) is 6.07 Å². The average Bonchev–Trinajstić information content (AvgIpc) is 3.35. The highest BCUT2D eigenvalue weighted by Gasteiger charge is 2.49. The number of alkyl halides is 2. The van der Waals surface area contributed by atoms with Gasteiger partial charge in [-0.3, -0.25) is 14.5 Å². The molecule has 1 unspecified atom stereocenters. The molecule has 0 spiro atoms. The number of carbonyl (C=O) groups is 2. The van der Waals surface area contributed by atoms with Crippen LogP contribution in [0.1, 0.15) is 43.0 Å². The first-order valence-corrected chi connectivity index (χ1v) is 14.9. The molecule has 2 amide bonds. The summed E-state index contributed by atoms with van der Waals surface area (Å²) >= 11 is 7.76. The fourth-order valence-corrected chi connectivity index (χ4v) is 6.06. The molecule has 2 aliphatic rings. The molecule has 0 bridgehead atoms. The Hall–Kier alpha value is -3.86. The third-order valence-electron chi connectivity index (χ3n) is 7.38. The van der Waals surface area contributed by atoms with Crippen molar-refractivity contribution in [2.45, 2.75) is 60.9 Å². The van der Waals surface area contributed by atoms with E-state index < -0.39 is 60.7 Å². The molecule has 43 heavy (non-hydrogen) atoms. The number of carbonyl (C=O) groups excluding carboxylic acids is 2. The number of aliphatic hydroxyl groups excluding tert-OH is 1. The largest absolute Gasteiger partial charge is 0.373 e. The summed E-state index contributed by atoms with van der Waals surface area (Å²) < 4.78 is 42.3. The topological polar surface area (TPSA) is 122 Å². The molecule has 3 atom stereocenters. The Labute approximate surface area is 254 Å². The Bertz CT molecular complexity index is 1580. The molecule has 1 aromatic heterocycles. The van der Waals surface area contributed by atoms with Crippen LogP contribution in [-0.2, 0) is 9.59 Å². The van der Waals surface area contributed by atoms with Crippen molar-refractivity contribution in [2.24, 2.45) is 0 Å². The maximum absolute atomic E-state index is 14.9. The summed E-state index contributed by atoms with van der Waals surface area (Å²) in [6.07, 6.45) is 0.937. The van der Waals surface area contributed by atoms with Gasteiger partial charge in [-0.15, -0.1) is 11.8 Å². The van der Waals surface area contributed by atoms with E-state index in [1.807, 2.05) is 6.07 Å². The second kappa shape index (κ2) is 12.4. The molecule has 2 fully saturated rings. The van der Waals surface area contributed by atoms with Crippen molar-refractivity contribution in [1.82, 2.24) is 15.3 Å². The van der Waals surface area contributed by atoms with Crippen molar-refractivity contribution >= 4 is 46.8 Å². The van der Waals surface area contributed by atoms with Gasteiger partial charge in [0, 0.05) is 46.2 Å². The number of anilines is 2. The first-order chi connectivity index (χ1) is 20.5. The summed E-state index contributed by atoms with van der Waals surface area (Å²) in [5.41, 5.74) is 0.206. The highest BCUT2D eigenvalue weighted by molar-refractivity contribution is 7.98. The van der Waals surface area contributed by atoms with Crippen molar-refractivity contribution in [2.75, 3.05) is 16.1 Å². The van der Waals surface area contributed by atoms with Crippen molar-refractivity contribution in [1.29, 1.82) is 5.26 Å². The lowest BCUT2D eigenvalue weighted by Gasteiger charge is -2.39. The number of amides is 2. The summed E-state index contributed by atoms with van der Waals surface area (Å²) in [6, 6.07) is 9.94. The van der Waals surface area contributed by atoms with Gasteiger partial charge in [0.15, 0.2) is 0 Å². The smallest absolute Gasteiger partial charge is 0.252 e. The molecule has 1 aliphatic carbocycles. The molecule has 5 rings (SSSR count). The van der Waals surface area contributed by atoms with Crippen LogP contribution in [0.3, 0.4) is 0 Å². The van der Waals surface area contributed by atoms with Crippen LogP contribution in [0.15, 0.2) is 59.6 Å². The minimum Gasteiger partial charge on any atom is -0.373 e. The number of nitrogens with zero attached hydrogens (tertiary/aromatic N) is 5. The summed E-state index contributed by atoms with van der Waals surface area (Å²) in [5.74, 6) is -5.18. The number of hydrogen-bond donors (Lipinski definition) is 2. The van der Waals surface area contributed by atoms with Gasteiger partial charge >= 0.3 is 0 Å². The minimum atomic E-state index is -2.92. The quantitative estimate of drug-likeness (QED) is 0.339. The molecule has 1 aliphatic heterocycles. The lowest BCUT2D eigenvalue weighted by molar-refractivity contribution is -0.133. The van der Waals surface area contributed by atoms with Gasteiger partial charge < -0.3 is 15.3 Å². The number of rotatable bonds is 8. The number of thioether (sulfide) groups is 1. The van der Waals surface area contributed by atoms with Crippen molar-refractivity contribution in [3.63, 3.8) is 0 Å². The van der Waals surface area contributed by atoms with Crippen LogP contribution < -0.4 is 15.1 Å². The zero-order valence-corrected chi connectivity index (χ0v) is 24.3. The Morgan fingerprint density at radius 1 is 1.23 bits per heavy atom. The molecule has 1 saturated carbocycles. The third kappa shape index (κ3) is 6.41. The maximum Gasteiger partial charge on any atom is 0.252 e. The number of nitrogens with one attached hydrogen (secondary N) is 1. The van der Waals surface area contributed by atoms with Crippen LogP contribution >= 0.6 is 23.4 Å². The first kappa shape index (κ1) is 30.6. The summed E-state index contributed by atoms with van der Waals surface area (Å²) in [4.78, 5) is 39.7. The molecule has 3 aromatic rings. The fourth-order valence-electron chi connectivity index (χ4n) is 5.35. The predicted octanol–water partition coefficient (Wildman–Crippen LogP) is 4.84. The fraction of sp³-hybridized carbons (Fsp3) is 0.345. The van der Waals surface area contributed by atoms with E-state index in [9.17, 15) is 33.1 Å². The molecular weight excluding hydrogens is 605 g/mol. The molecule has 1 saturated heterocycles. The average molecular weight is 631 g/mol.